The Balaban J connectivity index is 1.32. The van der Waals surface area contributed by atoms with E-state index in [1.807, 2.05) is 20.0 Å². The normalized spacial score (nSPS) is 20.1. The molecule has 7 heteroatoms. The Morgan fingerprint density at radius 2 is 1.74 bits per heavy atom. The van der Waals surface area contributed by atoms with Crippen LogP contribution in [0.4, 0.5) is 0 Å². The predicted octanol–water partition coefficient (Wildman–Crippen LogP) is 2.35. The topological polar surface area (TPSA) is 56.5 Å². The summed E-state index contributed by atoms with van der Waals surface area (Å²) in [6.45, 7) is 11.2. The van der Waals surface area contributed by atoms with Gasteiger partial charge in [0.05, 0.1) is 19.3 Å². The molecule has 0 spiro atoms. The highest BCUT2D eigenvalue weighted by molar-refractivity contribution is 5.80. The van der Waals surface area contributed by atoms with Gasteiger partial charge in [-0.25, -0.2) is 0 Å². The molecule has 0 amide bonds. The standard InChI is InChI=1S/C24H35N5O2/c1-20-8-9-23(31-20)22(28-14-16-30-17-15-28)18-26-24(25-2)29-12-10-27(11-13-29)19-21-6-4-3-5-7-21/h3-9,22H,10-19H2,1-2H3,(H,25,26). The van der Waals surface area contributed by atoms with Gasteiger partial charge in [0.15, 0.2) is 5.96 Å². The number of nitrogens with zero attached hydrogens (tertiary/aromatic N) is 4. The molecule has 0 aliphatic carbocycles. The van der Waals surface area contributed by atoms with Crippen molar-refractivity contribution in [1.82, 2.24) is 20.0 Å². The van der Waals surface area contributed by atoms with E-state index in [0.717, 1.165) is 83.1 Å². The lowest BCUT2D eigenvalue weighted by atomic mass is 10.1. The maximum atomic E-state index is 6.00. The van der Waals surface area contributed by atoms with Crippen molar-refractivity contribution in [3.05, 3.63) is 59.5 Å². The van der Waals surface area contributed by atoms with Gasteiger partial charge in [0.1, 0.15) is 11.5 Å². The third kappa shape index (κ3) is 5.87. The van der Waals surface area contributed by atoms with Gasteiger partial charge in [-0.05, 0) is 24.6 Å². The minimum absolute atomic E-state index is 0.175. The molecule has 0 bridgehead atoms. The number of benzene rings is 1. The summed E-state index contributed by atoms with van der Waals surface area (Å²) in [5.74, 6) is 2.93. The average Bonchev–Trinajstić information content (AvgIpc) is 3.25. The number of morpholine rings is 1. The monoisotopic (exact) mass is 425 g/mol. The van der Waals surface area contributed by atoms with Gasteiger partial charge in [-0.15, -0.1) is 0 Å². The van der Waals surface area contributed by atoms with Crippen molar-refractivity contribution in [2.24, 2.45) is 4.99 Å². The van der Waals surface area contributed by atoms with Crippen molar-refractivity contribution in [2.45, 2.75) is 19.5 Å². The molecule has 1 N–H and O–H groups in total. The van der Waals surface area contributed by atoms with E-state index in [-0.39, 0.29) is 6.04 Å². The lowest BCUT2D eigenvalue weighted by molar-refractivity contribution is 0.0123. The van der Waals surface area contributed by atoms with Crippen LogP contribution in [0, 0.1) is 6.92 Å². The van der Waals surface area contributed by atoms with Crippen molar-refractivity contribution in [3.63, 3.8) is 0 Å². The molecule has 7 nitrogen and oxygen atoms in total. The van der Waals surface area contributed by atoms with E-state index in [0.29, 0.717) is 0 Å². The Bertz CT molecular complexity index is 824. The van der Waals surface area contributed by atoms with Crippen LogP contribution >= 0.6 is 0 Å². The predicted molar refractivity (Wildman–Crippen MR) is 123 cm³/mol. The summed E-state index contributed by atoms with van der Waals surface area (Å²) in [7, 11) is 1.87. The molecule has 0 saturated carbocycles. The maximum absolute atomic E-state index is 6.00. The minimum atomic E-state index is 0.175. The molecule has 4 rings (SSSR count). The van der Waals surface area contributed by atoms with Gasteiger partial charge in [-0.3, -0.25) is 14.8 Å². The molecular weight excluding hydrogens is 390 g/mol. The average molecular weight is 426 g/mol. The third-order valence-electron chi connectivity index (χ3n) is 6.16. The lowest BCUT2D eigenvalue weighted by Crippen LogP contribution is -2.53. The fourth-order valence-corrected chi connectivity index (χ4v) is 4.41. The molecule has 1 aromatic carbocycles. The largest absolute Gasteiger partial charge is 0.465 e. The highest BCUT2D eigenvalue weighted by atomic mass is 16.5. The maximum Gasteiger partial charge on any atom is 0.193 e. The second-order valence-corrected chi connectivity index (χ2v) is 8.29. The zero-order valence-corrected chi connectivity index (χ0v) is 18.8. The number of hydrogen-bond acceptors (Lipinski definition) is 5. The highest BCUT2D eigenvalue weighted by Gasteiger charge is 2.27. The first-order valence-corrected chi connectivity index (χ1v) is 11.3. The molecular formula is C24H35N5O2. The molecule has 3 heterocycles. The molecule has 1 aromatic heterocycles. The summed E-state index contributed by atoms with van der Waals surface area (Å²) in [4.78, 5) is 11.9. The number of aliphatic imine (C=N–C) groups is 1. The van der Waals surface area contributed by atoms with Crippen molar-refractivity contribution in [2.75, 3.05) is 66.1 Å². The number of piperazine rings is 1. The molecule has 168 valence electrons. The molecule has 1 unspecified atom stereocenters. The van der Waals surface area contributed by atoms with Crippen LogP contribution in [-0.4, -0.2) is 86.7 Å². The summed E-state index contributed by atoms with van der Waals surface area (Å²) in [5.41, 5.74) is 1.38. The van der Waals surface area contributed by atoms with E-state index in [1.165, 1.54) is 5.56 Å². The molecule has 2 fully saturated rings. The van der Waals surface area contributed by atoms with Crippen LogP contribution in [0.1, 0.15) is 23.1 Å². The second kappa shape index (κ2) is 10.8. The van der Waals surface area contributed by atoms with Gasteiger partial charge in [-0.1, -0.05) is 30.3 Å². The van der Waals surface area contributed by atoms with E-state index in [9.17, 15) is 0 Å². The summed E-state index contributed by atoms with van der Waals surface area (Å²) in [6.07, 6.45) is 0. The molecule has 31 heavy (non-hydrogen) atoms. The quantitative estimate of drug-likeness (QED) is 0.566. The van der Waals surface area contributed by atoms with Crippen molar-refractivity contribution >= 4 is 5.96 Å². The number of aryl methyl sites for hydroxylation is 1. The molecule has 2 aliphatic heterocycles. The van der Waals surface area contributed by atoms with E-state index in [1.54, 1.807) is 0 Å². The molecule has 0 radical (unpaired) electrons. The number of guanidine groups is 1. The Hall–Kier alpha value is -2.35. The summed E-state index contributed by atoms with van der Waals surface area (Å²) >= 11 is 0. The lowest BCUT2D eigenvalue weighted by Gasteiger charge is -2.38. The Labute approximate surface area is 185 Å². The van der Waals surface area contributed by atoms with Gasteiger partial charge < -0.3 is 19.4 Å². The van der Waals surface area contributed by atoms with Gasteiger partial charge in [-0.2, -0.15) is 0 Å². The fourth-order valence-electron chi connectivity index (χ4n) is 4.41. The van der Waals surface area contributed by atoms with E-state index in [4.69, 9.17) is 9.15 Å². The van der Waals surface area contributed by atoms with E-state index >= 15 is 0 Å². The van der Waals surface area contributed by atoms with Gasteiger partial charge in [0, 0.05) is 59.4 Å². The third-order valence-corrected chi connectivity index (χ3v) is 6.16. The fraction of sp³-hybridized carbons (Fsp3) is 0.542. The number of ether oxygens (including phenoxy) is 1. The second-order valence-electron chi connectivity index (χ2n) is 8.29. The number of hydrogen-bond donors (Lipinski definition) is 1. The molecule has 2 aliphatic rings. The molecule has 1 atom stereocenters. The number of furan rings is 1. The first-order valence-electron chi connectivity index (χ1n) is 11.3. The smallest absolute Gasteiger partial charge is 0.193 e. The zero-order valence-electron chi connectivity index (χ0n) is 18.8. The van der Waals surface area contributed by atoms with Crippen LogP contribution in [0.5, 0.6) is 0 Å². The number of rotatable bonds is 6. The van der Waals surface area contributed by atoms with Crippen molar-refractivity contribution < 1.29 is 9.15 Å². The Morgan fingerprint density at radius 3 is 2.39 bits per heavy atom. The SMILES string of the molecule is CN=C(NCC(c1ccc(C)o1)N1CCOCC1)N1CCN(Cc2ccccc2)CC1. The van der Waals surface area contributed by atoms with Crippen LogP contribution in [0.2, 0.25) is 0 Å². The minimum Gasteiger partial charge on any atom is -0.465 e. The van der Waals surface area contributed by atoms with Crippen molar-refractivity contribution in [3.8, 4) is 0 Å². The Kier molecular flexibility index (Phi) is 7.61. The van der Waals surface area contributed by atoms with Gasteiger partial charge in [0.25, 0.3) is 0 Å². The first-order chi connectivity index (χ1) is 15.2. The Morgan fingerprint density at radius 1 is 1.00 bits per heavy atom. The van der Waals surface area contributed by atoms with E-state index < -0.39 is 0 Å². The van der Waals surface area contributed by atoms with Crippen LogP contribution in [-0.2, 0) is 11.3 Å². The van der Waals surface area contributed by atoms with Crippen LogP contribution in [0.25, 0.3) is 0 Å². The number of nitrogens with one attached hydrogen (secondary N) is 1. The summed E-state index contributed by atoms with van der Waals surface area (Å²) in [6, 6.07) is 15.0. The van der Waals surface area contributed by atoms with Crippen LogP contribution in [0.15, 0.2) is 51.9 Å². The zero-order chi connectivity index (χ0) is 21.5. The summed E-state index contributed by atoms with van der Waals surface area (Å²) in [5, 5.41) is 3.62. The van der Waals surface area contributed by atoms with E-state index in [2.05, 4.69) is 61.4 Å². The van der Waals surface area contributed by atoms with Crippen LogP contribution in [0.3, 0.4) is 0 Å². The van der Waals surface area contributed by atoms with Crippen molar-refractivity contribution in [1.29, 1.82) is 0 Å². The van der Waals surface area contributed by atoms with Gasteiger partial charge >= 0.3 is 0 Å². The first kappa shape index (κ1) is 21.9. The van der Waals surface area contributed by atoms with Gasteiger partial charge in [0.2, 0.25) is 0 Å². The molecule has 2 saturated heterocycles. The highest BCUT2D eigenvalue weighted by Crippen LogP contribution is 2.23. The van der Waals surface area contributed by atoms with Crippen LogP contribution < -0.4 is 5.32 Å². The summed E-state index contributed by atoms with van der Waals surface area (Å²) < 4.78 is 11.6. The molecule has 2 aromatic rings.